The van der Waals surface area contributed by atoms with E-state index < -0.39 is 11.5 Å². The van der Waals surface area contributed by atoms with Crippen molar-refractivity contribution in [1.29, 1.82) is 0 Å². The summed E-state index contributed by atoms with van der Waals surface area (Å²) in [5.41, 5.74) is 0.0107. The van der Waals surface area contributed by atoms with Gasteiger partial charge in [-0.2, -0.15) is 9.78 Å². The van der Waals surface area contributed by atoms with Gasteiger partial charge < -0.3 is 14.8 Å². The Kier molecular flexibility index (Phi) is 5.22. The van der Waals surface area contributed by atoms with Crippen LogP contribution >= 0.6 is 11.3 Å². The highest BCUT2D eigenvalue weighted by Gasteiger charge is 2.22. The highest BCUT2D eigenvalue weighted by molar-refractivity contribution is 7.16. The molecular formula is C18H17N3O5S. The Morgan fingerprint density at radius 1 is 1.26 bits per heavy atom. The van der Waals surface area contributed by atoms with E-state index in [-0.39, 0.29) is 23.6 Å². The summed E-state index contributed by atoms with van der Waals surface area (Å²) in [6.45, 7) is 3.21. The summed E-state index contributed by atoms with van der Waals surface area (Å²) in [5, 5.41) is 9.38. The molecule has 9 heteroatoms. The number of aromatic nitrogens is 2. The molecule has 0 saturated heterocycles. The number of esters is 1. The van der Waals surface area contributed by atoms with Crippen LogP contribution in [0.2, 0.25) is 0 Å². The van der Waals surface area contributed by atoms with Gasteiger partial charge in [-0.1, -0.05) is 0 Å². The Labute approximate surface area is 158 Å². The second kappa shape index (κ2) is 7.58. The van der Waals surface area contributed by atoms with Crippen molar-refractivity contribution in [3.05, 3.63) is 45.7 Å². The summed E-state index contributed by atoms with van der Waals surface area (Å²) in [5.74, 6) is -0.339. The molecule has 0 aliphatic carbocycles. The molecule has 0 spiro atoms. The first-order valence-corrected chi connectivity index (χ1v) is 8.97. The second-order valence-electron chi connectivity index (χ2n) is 5.52. The third kappa shape index (κ3) is 3.54. The molecule has 27 heavy (non-hydrogen) atoms. The lowest BCUT2D eigenvalue weighted by Gasteiger charge is -2.10. The van der Waals surface area contributed by atoms with E-state index in [1.807, 2.05) is 0 Å². The summed E-state index contributed by atoms with van der Waals surface area (Å²) < 4.78 is 11.3. The molecule has 0 aliphatic heterocycles. The molecule has 2 heterocycles. The number of nitrogens with zero attached hydrogens (tertiary/aromatic N) is 2. The van der Waals surface area contributed by atoms with Crippen molar-refractivity contribution in [1.82, 2.24) is 9.78 Å². The van der Waals surface area contributed by atoms with Gasteiger partial charge in [-0.15, -0.1) is 11.3 Å². The number of carbonyl (C=O) groups is 2. The summed E-state index contributed by atoms with van der Waals surface area (Å²) in [6.07, 6.45) is 0. The van der Waals surface area contributed by atoms with E-state index in [2.05, 4.69) is 10.4 Å². The molecule has 1 aromatic carbocycles. The molecule has 140 valence electrons. The average Bonchev–Trinajstić information content (AvgIpc) is 3.06. The van der Waals surface area contributed by atoms with Gasteiger partial charge in [-0.3, -0.25) is 9.59 Å². The Morgan fingerprint density at radius 3 is 2.56 bits per heavy atom. The first-order valence-electron chi connectivity index (χ1n) is 8.10. The zero-order valence-corrected chi connectivity index (χ0v) is 15.8. The lowest BCUT2D eigenvalue weighted by Crippen LogP contribution is -2.25. The molecule has 1 amide bonds. The predicted molar refractivity (Wildman–Crippen MR) is 102 cm³/mol. The van der Waals surface area contributed by atoms with Gasteiger partial charge in [0.1, 0.15) is 10.8 Å². The van der Waals surface area contributed by atoms with Crippen LogP contribution in [0.3, 0.4) is 0 Å². The topological polar surface area (TPSA) is 99.5 Å². The van der Waals surface area contributed by atoms with Gasteiger partial charge in [0, 0.05) is 17.7 Å². The van der Waals surface area contributed by atoms with Crippen LogP contribution in [-0.2, 0) is 9.53 Å². The molecule has 0 fully saturated rings. The highest BCUT2D eigenvalue weighted by Crippen LogP contribution is 2.30. The van der Waals surface area contributed by atoms with E-state index in [0.29, 0.717) is 21.8 Å². The Balaban J connectivity index is 2.28. The molecule has 0 bridgehead atoms. The number of thiophene rings is 1. The molecule has 0 aliphatic rings. The maximum atomic E-state index is 13.1. The molecule has 0 saturated carbocycles. The number of ether oxygens (including phenoxy) is 2. The molecule has 0 atom stereocenters. The van der Waals surface area contributed by atoms with Gasteiger partial charge in [-0.05, 0) is 31.2 Å². The molecule has 0 unspecified atom stereocenters. The van der Waals surface area contributed by atoms with Crippen LogP contribution in [0.15, 0.2) is 34.4 Å². The summed E-state index contributed by atoms with van der Waals surface area (Å²) in [6, 6.07) is 6.66. The minimum atomic E-state index is -0.642. The summed E-state index contributed by atoms with van der Waals surface area (Å²) >= 11 is 1.15. The van der Waals surface area contributed by atoms with Crippen LogP contribution in [0.1, 0.15) is 24.3 Å². The predicted octanol–water partition coefficient (Wildman–Crippen LogP) is 2.59. The first kappa shape index (κ1) is 18.6. The summed E-state index contributed by atoms with van der Waals surface area (Å²) in [7, 11) is 1.54. The zero-order valence-electron chi connectivity index (χ0n) is 14.9. The second-order valence-corrected chi connectivity index (χ2v) is 6.40. The zero-order chi connectivity index (χ0) is 19.6. The summed E-state index contributed by atoms with van der Waals surface area (Å²) in [4.78, 5) is 36.9. The third-order valence-electron chi connectivity index (χ3n) is 3.73. The van der Waals surface area contributed by atoms with E-state index in [4.69, 9.17) is 9.47 Å². The van der Waals surface area contributed by atoms with Crippen molar-refractivity contribution in [2.45, 2.75) is 13.8 Å². The van der Waals surface area contributed by atoms with Crippen molar-refractivity contribution in [3.63, 3.8) is 0 Å². The number of anilines is 1. The number of hydrogen-bond donors (Lipinski definition) is 1. The van der Waals surface area contributed by atoms with E-state index in [9.17, 15) is 14.4 Å². The van der Waals surface area contributed by atoms with Gasteiger partial charge in [0.25, 0.3) is 5.56 Å². The lowest BCUT2D eigenvalue weighted by atomic mass is 10.2. The van der Waals surface area contributed by atoms with Crippen molar-refractivity contribution in [2.24, 2.45) is 0 Å². The third-order valence-corrected chi connectivity index (χ3v) is 4.62. The van der Waals surface area contributed by atoms with E-state index in [0.717, 1.165) is 16.0 Å². The fourth-order valence-corrected chi connectivity index (χ4v) is 3.53. The van der Waals surface area contributed by atoms with Crippen LogP contribution < -0.4 is 15.6 Å². The van der Waals surface area contributed by atoms with Crippen LogP contribution in [0, 0.1) is 0 Å². The highest BCUT2D eigenvalue weighted by atomic mass is 32.1. The van der Waals surface area contributed by atoms with Crippen molar-refractivity contribution in [3.8, 4) is 11.4 Å². The molecule has 8 nitrogen and oxygen atoms in total. The lowest BCUT2D eigenvalue weighted by molar-refractivity contribution is -0.114. The standard InChI is InChI=1S/C18H17N3O5S/c1-4-26-18(24)15-13-9-27-16(19-10(2)22)14(13)17(23)21(20-15)11-5-7-12(25-3)8-6-11/h5-9H,4H2,1-3H3,(H,19,22). The maximum absolute atomic E-state index is 13.1. The Hall–Kier alpha value is -3.20. The molecule has 2 aromatic heterocycles. The Bertz CT molecular complexity index is 1070. The molecular weight excluding hydrogens is 370 g/mol. The number of carbonyl (C=O) groups excluding carboxylic acids is 2. The van der Waals surface area contributed by atoms with Crippen LogP contribution in [0.25, 0.3) is 16.5 Å². The number of amides is 1. The molecule has 0 radical (unpaired) electrons. The maximum Gasteiger partial charge on any atom is 0.359 e. The van der Waals surface area contributed by atoms with Crippen molar-refractivity contribution >= 4 is 39.0 Å². The largest absolute Gasteiger partial charge is 0.497 e. The minimum Gasteiger partial charge on any atom is -0.497 e. The smallest absolute Gasteiger partial charge is 0.359 e. The van der Waals surface area contributed by atoms with E-state index in [1.165, 1.54) is 14.0 Å². The van der Waals surface area contributed by atoms with Crippen LogP contribution in [-0.4, -0.2) is 35.4 Å². The monoisotopic (exact) mass is 387 g/mol. The fourth-order valence-electron chi connectivity index (χ4n) is 2.55. The minimum absolute atomic E-state index is 0.00937. The number of hydrogen-bond acceptors (Lipinski definition) is 7. The quantitative estimate of drug-likeness (QED) is 0.676. The normalized spacial score (nSPS) is 10.6. The fraction of sp³-hybridized carbons (Fsp3) is 0.222. The molecule has 3 aromatic rings. The van der Waals surface area contributed by atoms with Gasteiger partial charge >= 0.3 is 5.97 Å². The van der Waals surface area contributed by atoms with E-state index >= 15 is 0 Å². The van der Waals surface area contributed by atoms with Gasteiger partial charge in [-0.25, -0.2) is 4.79 Å². The number of nitrogens with one attached hydrogen (secondary N) is 1. The van der Waals surface area contributed by atoms with Crippen molar-refractivity contribution in [2.75, 3.05) is 19.0 Å². The average molecular weight is 387 g/mol. The first-order chi connectivity index (χ1) is 13.0. The Morgan fingerprint density at radius 2 is 1.96 bits per heavy atom. The molecule has 3 rings (SSSR count). The number of rotatable bonds is 5. The van der Waals surface area contributed by atoms with Gasteiger partial charge in [0.05, 0.1) is 24.8 Å². The number of fused-ring (bicyclic) bond motifs is 1. The SMILES string of the molecule is CCOC(=O)c1nn(-c2ccc(OC)cc2)c(=O)c2c(NC(C)=O)scc12. The van der Waals surface area contributed by atoms with E-state index in [1.54, 1.807) is 36.6 Å². The number of methoxy groups -OCH3 is 1. The van der Waals surface area contributed by atoms with Crippen LogP contribution in [0.5, 0.6) is 5.75 Å². The van der Waals surface area contributed by atoms with Gasteiger partial charge in [0.2, 0.25) is 5.91 Å². The van der Waals surface area contributed by atoms with Crippen molar-refractivity contribution < 1.29 is 19.1 Å². The molecule has 1 N–H and O–H groups in total. The number of benzene rings is 1. The van der Waals surface area contributed by atoms with Gasteiger partial charge in [0.15, 0.2) is 5.69 Å². The van der Waals surface area contributed by atoms with Crippen LogP contribution in [0.4, 0.5) is 5.00 Å².